The Morgan fingerprint density at radius 2 is 1.93 bits per heavy atom. The highest BCUT2D eigenvalue weighted by Gasteiger charge is 2.35. The molecule has 1 atom stereocenters. The molecule has 0 spiro atoms. The van der Waals surface area contributed by atoms with E-state index in [-0.39, 0.29) is 11.6 Å². The van der Waals surface area contributed by atoms with Gasteiger partial charge in [0.1, 0.15) is 5.69 Å². The molecule has 1 aliphatic heterocycles. The molecular formula is C20H21F3N4. The van der Waals surface area contributed by atoms with E-state index in [9.17, 15) is 13.2 Å². The lowest BCUT2D eigenvalue weighted by Gasteiger charge is -2.15. The van der Waals surface area contributed by atoms with Crippen LogP contribution in [0.4, 0.5) is 13.2 Å². The van der Waals surface area contributed by atoms with Crippen LogP contribution < -0.4 is 0 Å². The lowest BCUT2D eigenvalue weighted by Crippen LogP contribution is -2.23. The maximum Gasteiger partial charge on any atom is 0.433 e. The molecule has 2 aromatic heterocycles. The van der Waals surface area contributed by atoms with E-state index in [1.54, 1.807) is 13.0 Å². The third kappa shape index (κ3) is 3.83. The molecule has 27 heavy (non-hydrogen) atoms. The highest BCUT2D eigenvalue weighted by molar-refractivity contribution is 5.43. The minimum atomic E-state index is -4.45. The van der Waals surface area contributed by atoms with Crippen LogP contribution >= 0.6 is 0 Å². The number of hydrogen-bond acceptors (Lipinski definition) is 3. The largest absolute Gasteiger partial charge is 0.433 e. The van der Waals surface area contributed by atoms with Gasteiger partial charge in [-0.25, -0.2) is 9.50 Å². The van der Waals surface area contributed by atoms with Gasteiger partial charge < -0.3 is 4.90 Å². The Morgan fingerprint density at radius 3 is 2.67 bits per heavy atom. The number of fused-ring (bicyclic) bond motifs is 1. The molecule has 0 bridgehead atoms. The number of aryl methyl sites for hydroxylation is 1. The summed E-state index contributed by atoms with van der Waals surface area (Å²) < 4.78 is 40.9. The van der Waals surface area contributed by atoms with Crippen LogP contribution in [0.1, 0.15) is 35.0 Å². The van der Waals surface area contributed by atoms with Gasteiger partial charge in [0.25, 0.3) is 0 Å². The number of aromatic nitrogens is 3. The van der Waals surface area contributed by atoms with E-state index in [4.69, 9.17) is 0 Å². The maximum atomic E-state index is 13.3. The van der Waals surface area contributed by atoms with Crippen LogP contribution in [0.2, 0.25) is 0 Å². The molecule has 4 rings (SSSR count). The average molecular weight is 374 g/mol. The highest BCUT2D eigenvalue weighted by Crippen LogP contribution is 2.32. The molecule has 0 saturated carbocycles. The molecular weight excluding hydrogens is 353 g/mol. The molecule has 3 heterocycles. The standard InChI is InChI=1S/C20H21F3N4/c1-14-11-18(20(21,22)23)27-19(24-14)12-17(25-27)16-8-10-26(13-16)9-7-15-5-3-2-4-6-15/h2-6,11-12,16H,7-10,13H2,1H3. The summed E-state index contributed by atoms with van der Waals surface area (Å²) >= 11 is 0. The first-order valence-electron chi connectivity index (χ1n) is 9.11. The Bertz CT molecular complexity index is 934. The third-order valence-corrected chi connectivity index (χ3v) is 5.11. The summed E-state index contributed by atoms with van der Waals surface area (Å²) in [7, 11) is 0. The zero-order chi connectivity index (χ0) is 19.0. The van der Waals surface area contributed by atoms with E-state index in [0.717, 1.165) is 43.1 Å². The minimum Gasteiger partial charge on any atom is -0.302 e. The van der Waals surface area contributed by atoms with Crippen molar-refractivity contribution in [3.05, 3.63) is 65.1 Å². The van der Waals surface area contributed by atoms with Crippen LogP contribution in [0.25, 0.3) is 5.65 Å². The van der Waals surface area contributed by atoms with E-state index >= 15 is 0 Å². The Balaban J connectivity index is 1.50. The normalized spacial score (nSPS) is 18.4. The molecule has 1 fully saturated rings. The van der Waals surface area contributed by atoms with Gasteiger partial charge in [0.15, 0.2) is 5.65 Å². The monoisotopic (exact) mass is 374 g/mol. The number of alkyl halides is 3. The Hall–Kier alpha value is -2.41. The van der Waals surface area contributed by atoms with E-state index in [2.05, 4.69) is 27.1 Å². The number of rotatable bonds is 4. The van der Waals surface area contributed by atoms with Crippen LogP contribution in [0.3, 0.4) is 0 Å². The molecule has 0 amide bonds. The van der Waals surface area contributed by atoms with Crippen LogP contribution in [0.15, 0.2) is 42.5 Å². The van der Waals surface area contributed by atoms with Gasteiger partial charge in [0.05, 0.1) is 5.69 Å². The fourth-order valence-electron chi connectivity index (χ4n) is 3.73. The van der Waals surface area contributed by atoms with Crippen molar-refractivity contribution < 1.29 is 13.2 Å². The van der Waals surface area contributed by atoms with Gasteiger partial charge in [-0.05, 0) is 37.9 Å². The molecule has 1 unspecified atom stereocenters. The third-order valence-electron chi connectivity index (χ3n) is 5.11. The molecule has 0 aliphatic carbocycles. The molecule has 3 aromatic rings. The van der Waals surface area contributed by atoms with Crippen molar-refractivity contribution in [3.63, 3.8) is 0 Å². The molecule has 0 radical (unpaired) electrons. The van der Waals surface area contributed by atoms with E-state index < -0.39 is 11.9 Å². The fraction of sp³-hybridized carbons (Fsp3) is 0.400. The first-order chi connectivity index (χ1) is 12.9. The van der Waals surface area contributed by atoms with Crippen molar-refractivity contribution in [2.45, 2.75) is 31.9 Å². The molecule has 1 aliphatic rings. The summed E-state index contributed by atoms with van der Waals surface area (Å²) in [6.07, 6.45) is -2.58. The first-order valence-corrected chi connectivity index (χ1v) is 9.11. The van der Waals surface area contributed by atoms with E-state index in [1.165, 1.54) is 5.56 Å². The minimum absolute atomic E-state index is 0.142. The Morgan fingerprint density at radius 1 is 1.15 bits per heavy atom. The quantitative estimate of drug-likeness (QED) is 0.690. The predicted octanol–water partition coefficient (Wildman–Crippen LogP) is 4.09. The van der Waals surface area contributed by atoms with Crippen molar-refractivity contribution in [2.75, 3.05) is 19.6 Å². The lowest BCUT2D eigenvalue weighted by molar-refractivity contribution is -0.142. The summed E-state index contributed by atoms with van der Waals surface area (Å²) in [5, 5.41) is 4.26. The van der Waals surface area contributed by atoms with Crippen molar-refractivity contribution >= 4 is 5.65 Å². The lowest BCUT2D eigenvalue weighted by atomic mass is 10.1. The second-order valence-corrected chi connectivity index (χ2v) is 7.14. The van der Waals surface area contributed by atoms with Crippen LogP contribution in [-0.4, -0.2) is 39.1 Å². The zero-order valence-corrected chi connectivity index (χ0v) is 15.1. The first kappa shape index (κ1) is 18.0. The van der Waals surface area contributed by atoms with Gasteiger partial charge in [-0.3, -0.25) is 0 Å². The summed E-state index contributed by atoms with van der Waals surface area (Å²) in [5.74, 6) is 0.142. The van der Waals surface area contributed by atoms with Crippen LogP contribution in [0.5, 0.6) is 0 Å². The molecule has 0 N–H and O–H groups in total. The second kappa shape index (κ2) is 6.96. The average Bonchev–Trinajstić information content (AvgIpc) is 3.25. The number of nitrogens with zero attached hydrogens (tertiary/aromatic N) is 4. The SMILES string of the molecule is Cc1cc(C(F)(F)F)n2nc(C3CCN(CCc4ccccc4)C3)cc2n1. The van der Waals surface area contributed by atoms with Crippen LogP contribution in [0, 0.1) is 6.92 Å². The van der Waals surface area contributed by atoms with E-state index in [1.807, 2.05) is 18.2 Å². The van der Waals surface area contributed by atoms with Crippen molar-refractivity contribution in [1.29, 1.82) is 0 Å². The van der Waals surface area contributed by atoms with Crippen molar-refractivity contribution in [1.82, 2.24) is 19.5 Å². The van der Waals surface area contributed by atoms with Gasteiger partial charge in [-0.15, -0.1) is 0 Å². The fourth-order valence-corrected chi connectivity index (χ4v) is 3.73. The molecule has 142 valence electrons. The molecule has 1 aromatic carbocycles. The van der Waals surface area contributed by atoms with Crippen LogP contribution in [-0.2, 0) is 12.6 Å². The zero-order valence-electron chi connectivity index (χ0n) is 15.1. The number of likely N-dealkylation sites (tertiary alicyclic amines) is 1. The van der Waals surface area contributed by atoms with Crippen molar-refractivity contribution in [2.24, 2.45) is 0 Å². The Labute approximate surface area is 155 Å². The van der Waals surface area contributed by atoms with Gasteiger partial charge in [0, 0.05) is 30.8 Å². The number of benzene rings is 1. The highest BCUT2D eigenvalue weighted by atomic mass is 19.4. The van der Waals surface area contributed by atoms with Crippen molar-refractivity contribution in [3.8, 4) is 0 Å². The maximum absolute atomic E-state index is 13.3. The van der Waals surface area contributed by atoms with Gasteiger partial charge in [-0.2, -0.15) is 18.3 Å². The predicted molar refractivity (Wildman–Crippen MR) is 96.7 cm³/mol. The molecule has 1 saturated heterocycles. The molecule has 7 heteroatoms. The van der Waals surface area contributed by atoms with Gasteiger partial charge in [-0.1, -0.05) is 30.3 Å². The number of hydrogen-bond donors (Lipinski definition) is 0. The summed E-state index contributed by atoms with van der Waals surface area (Å²) in [6.45, 7) is 4.27. The second-order valence-electron chi connectivity index (χ2n) is 7.14. The molecule has 4 nitrogen and oxygen atoms in total. The number of halogens is 3. The summed E-state index contributed by atoms with van der Waals surface area (Å²) in [4.78, 5) is 6.58. The summed E-state index contributed by atoms with van der Waals surface area (Å²) in [6, 6.07) is 13.0. The Kier molecular flexibility index (Phi) is 4.63. The smallest absolute Gasteiger partial charge is 0.302 e. The van der Waals surface area contributed by atoms with E-state index in [0.29, 0.717) is 11.4 Å². The van der Waals surface area contributed by atoms with Gasteiger partial charge >= 0.3 is 6.18 Å². The topological polar surface area (TPSA) is 33.4 Å². The summed E-state index contributed by atoms with van der Waals surface area (Å²) in [5.41, 5.74) is 1.83. The van der Waals surface area contributed by atoms with Gasteiger partial charge in [0.2, 0.25) is 0 Å².